The fraction of sp³-hybridized carbons (Fsp3) is 0.435. The van der Waals surface area contributed by atoms with E-state index in [-0.39, 0.29) is 17.5 Å². The normalized spacial score (nSPS) is 19.9. The fourth-order valence-corrected chi connectivity index (χ4v) is 4.39. The van der Waals surface area contributed by atoms with E-state index in [2.05, 4.69) is 11.8 Å². The number of anilines is 3. The van der Waals surface area contributed by atoms with Crippen molar-refractivity contribution in [2.45, 2.75) is 38.6 Å². The van der Waals surface area contributed by atoms with E-state index in [0.717, 1.165) is 18.8 Å². The second kappa shape index (κ2) is 8.49. The molecule has 0 aliphatic carbocycles. The van der Waals surface area contributed by atoms with Crippen LogP contribution in [0.3, 0.4) is 0 Å². The van der Waals surface area contributed by atoms with Crippen LogP contribution in [0.2, 0.25) is 0 Å². The van der Waals surface area contributed by atoms with Crippen molar-refractivity contribution < 1.29 is 13.6 Å². The van der Waals surface area contributed by atoms with Crippen LogP contribution in [-0.4, -0.2) is 43.0 Å². The number of piperidine rings is 1. The number of carbonyl (C=O) groups is 1. The SMILES string of the molecule is CC1CCCCN1CCC(=O)N1CCN(c2ccc(F)cc2)c2cc(F)ccc21. The Bertz CT molecular complexity index is 871. The molecule has 6 heteroatoms. The Balaban J connectivity index is 1.53. The first-order valence-corrected chi connectivity index (χ1v) is 10.4. The van der Waals surface area contributed by atoms with E-state index in [0.29, 0.717) is 36.9 Å². The van der Waals surface area contributed by atoms with Gasteiger partial charge < -0.3 is 14.7 Å². The van der Waals surface area contributed by atoms with Crippen LogP contribution < -0.4 is 9.80 Å². The van der Waals surface area contributed by atoms with Gasteiger partial charge in [0.15, 0.2) is 0 Å². The molecule has 2 aliphatic rings. The number of amides is 1. The van der Waals surface area contributed by atoms with E-state index in [1.807, 2.05) is 4.90 Å². The Morgan fingerprint density at radius 3 is 2.48 bits per heavy atom. The summed E-state index contributed by atoms with van der Waals surface area (Å²) in [5.74, 6) is -0.601. The Hall–Kier alpha value is -2.47. The second-order valence-corrected chi connectivity index (χ2v) is 7.94. The lowest BCUT2D eigenvalue weighted by Gasteiger charge is -2.38. The summed E-state index contributed by atoms with van der Waals surface area (Å²) in [5, 5.41) is 0. The van der Waals surface area contributed by atoms with Crippen LogP contribution in [0.15, 0.2) is 42.5 Å². The van der Waals surface area contributed by atoms with Gasteiger partial charge in [0.05, 0.1) is 11.4 Å². The minimum atomic E-state index is -0.354. The van der Waals surface area contributed by atoms with Crippen LogP contribution >= 0.6 is 0 Å². The molecule has 0 radical (unpaired) electrons. The van der Waals surface area contributed by atoms with Crippen molar-refractivity contribution in [3.05, 3.63) is 54.1 Å². The second-order valence-electron chi connectivity index (χ2n) is 7.94. The number of rotatable bonds is 4. The van der Waals surface area contributed by atoms with Crippen molar-refractivity contribution in [1.82, 2.24) is 4.90 Å². The van der Waals surface area contributed by atoms with Crippen LogP contribution in [0.1, 0.15) is 32.6 Å². The summed E-state index contributed by atoms with van der Waals surface area (Å²) < 4.78 is 27.3. The lowest BCUT2D eigenvalue weighted by atomic mass is 10.0. The molecule has 1 fully saturated rings. The Morgan fingerprint density at radius 2 is 1.72 bits per heavy atom. The summed E-state index contributed by atoms with van der Waals surface area (Å²) in [4.78, 5) is 19.1. The summed E-state index contributed by atoms with van der Waals surface area (Å²) in [5.41, 5.74) is 2.13. The average Bonchev–Trinajstić information content (AvgIpc) is 2.73. The van der Waals surface area contributed by atoms with E-state index in [1.54, 1.807) is 23.1 Å². The van der Waals surface area contributed by atoms with Gasteiger partial charge in [-0.25, -0.2) is 8.78 Å². The molecular formula is C23H27F2N3O. The summed E-state index contributed by atoms with van der Waals surface area (Å²) >= 11 is 0. The van der Waals surface area contributed by atoms with Gasteiger partial charge in [0, 0.05) is 37.8 Å². The van der Waals surface area contributed by atoms with Gasteiger partial charge in [0.1, 0.15) is 11.6 Å². The molecule has 4 nitrogen and oxygen atoms in total. The highest BCUT2D eigenvalue weighted by Crippen LogP contribution is 2.38. The predicted octanol–water partition coefficient (Wildman–Crippen LogP) is 4.71. The highest BCUT2D eigenvalue weighted by molar-refractivity contribution is 5.99. The van der Waals surface area contributed by atoms with Crippen LogP contribution in [0.4, 0.5) is 25.8 Å². The molecule has 1 atom stereocenters. The minimum absolute atomic E-state index is 0.0642. The molecule has 1 saturated heterocycles. The van der Waals surface area contributed by atoms with Gasteiger partial charge in [-0.3, -0.25) is 4.79 Å². The Kier molecular flexibility index (Phi) is 5.81. The summed E-state index contributed by atoms with van der Waals surface area (Å²) in [6, 6.07) is 11.2. The van der Waals surface area contributed by atoms with Gasteiger partial charge in [-0.05, 0) is 68.8 Å². The monoisotopic (exact) mass is 399 g/mol. The maximum Gasteiger partial charge on any atom is 0.228 e. The molecule has 4 rings (SSSR count). The molecular weight excluding hydrogens is 372 g/mol. The number of halogens is 2. The molecule has 1 unspecified atom stereocenters. The first-order valence-electron chi connectivity index (χ1n) is 10.4. The highest BCUT2D eigenvalue weighted by Gasteiger charge is 2.29. The lowest BCUT2D eigenvalue weighted by Crippen LogP contribution is -2.45. The zero-order chi connectivity index (χ0) is 20.4. The van der Waals surface area contributed by atoms with Crippen molar-refractivity contribution in [3.8, 4) is 0 Å². The number of fused-ring (bicyclic) bond motifs is 1. The molecule has 0 spiro atoms. The van der Waals surface area contributed by atoms with E-state index in [1.165, 1.54) is 43.5 Å². The summed E-state index contributed by atoms with van der Waals surface area (Å²) in [7, 11) is 0. The van der Waals surface area contributed by atoms with Gasteiger partial charge in [-0.1, -0.05) is 6.42 Å². The molecule has 2 aromatic rings. The molecule has 1 amide bonds. The van der Waals surface area contributed by atoms with E-state index in [9.17, 15) is 13.6 Å². The first kappa shape index (κ1) is 19.8. The largest absolute Gasteiger partial charge is 0.338 e. The summed E-state index contributed by atoms with van der Waals surface area (Å²) in [6.07, 6.45) is 4.09. The molecule has 2 aromatic carbocycles. The molecule has 0 bridgehead atoms. The zero-order valence-electron chi connectivity index (χ0n) is 16.8. The smallest absolute Gasteiger partial charge is 0.228 e. The van der Waals surface area contributed by atoms with E-state index < -0.39 is 0 Å². The van der Waals surface area contributed by atoms with Crippen LogP contribution in [0.5, 0.6) is 0 Å². The molecule has 2 aliphatic heterocycles. The summed E-state index contributed by atoms with van der Waals surface area (Å²) in [6.45, 7) is 5.09. The number of likely N-dealkylation sites (tertiary alicyclic amines) is 1. The van der Waals surface area contributed by atoms with Crippen LogP contribution in [-0.2, 0) is 4.79 Å². The third-order valence-electron chi connectivity index (χ3n) is 6.06. The van der Waals surface area contributed by atoms with Crippen molar-refractivity contribution >= 4 is 23.0 Å². The standard InChI is InChI=1S/C23H27F2N3O/c1-17-4-2-3-12-26(17)13-11-23(29)28-15-14-27(20-8-5-18(24)6-9-20)22-16-19(25)7-10-21(22)28/h5-10,16-17H,2-4,11-15H2,1H3. The van der Waals surface area contributed by atoms with Gasteiger partial charge in [0.2, 0.25) is 5.91 Å². The quantitative estimate of drug-likeness (QED) is 0.745. The topological polar surface area (TPSA) is 26.8 Å². The molecule has 29 heavy (non-hydrogen) atoms. The highest BCUT2D eigenvalue weighted by atomic mass is 19.1. The van der Waals surface area contributed by atoms with Gasteiger partial charge >= 0.3 is 0 Å². The first-order chi connectivity index (χ1) is 14.0. The number of hydrogen-bond acceptors (Lipinski definition) is 3. The number of carbonyl (C=O) groups excluding carboxylic acids is 1. The van der Waals surface area contributed by atoms with E-state index in [4.69, 9.17) is 0 Å². The third kappa shape index (κ3) is 4.27. The molecule has 154 valence electrons. The molecule has 0 aromatic heterocycles. The minimum Gasteiger partial charge on any atom is -0.338 e. The maximum atomic E-state index is 14.0. The molecule has 0 saturated carbocycles. The molecule has 2 heterocycles. The van der Waals surface area contributed by atoms with Crippen LogP contribution in [0.25, 0.3) is 0 Å². The predicted molar refractivity (Wildman–Crippen MR) is 112 cm³/mol. The number of hydrogen-bond donors (Lipinski definition) is 0. The number of nitrogens with zero attached hydrogens (tertiary/aromatic N) is 3. The van der Waals surface area contributed by atoms with Gasteiger partial charge in [0.25, 0.3) is 0 Å². The average molecular weight is 399 g/mol. The van der Waals surface area contributed by atoms with Crippen LogP contribution in [0, 0.1) is 11.6 Å². The van der Waals surface area contributed by atoms with E-state index >= 15 is 0 Å². The fourth-order valence-electron chi connectivity index (χ4n) is 4.39. The Labute approximate surface area is 170 Å². The molecule has 0 N–H and O–H groups in total. The zero-order valence-corrected chi connectivity index (χ0v) is 16.8. The van der Waals surface area contributed by atoms with Crippen molar-refractivity contribution in [1.29, 1.82) is 0 Å². The van der Waals surface area contributed by atoms with Crippen molar-refractivity contribution in [2.75, 3.05) is 36.0 Å². The Morgan fingerprint density at radius 1 is 0.966 bits per heavy atom. The van der Waals surface area contributed by atoms with Crippen molar-refractivity contribution in [2.24, 2.45) is 0 Å². The maximum absolute atomic E-state index is 14.0. The van der Waals surface area contributed by atoms with Crippen molar-refractivity contribution in [3.63, 3.8) is 0 Å². The lowest BCUT2D eigenvalue weighted by molar-refractivity contribution is -0.119. The van der Waals surface area contributed by atoms with Gasteiger partial charge in [-0.2, -0.15) is 0 Å². The third-order valence-corrected chi connectivity index (χ3v) is 6.06. The number of benzene rings is 2. The van der Waals surface area contributed by atoms with Gasteiger partial charge in [-0.15, -0.1) is 0 Å².